The van der Waals surface area contributed by atoms with Gasteiger partial charge in [0.15, 0.2) is 0 Å². The first-order chi connectivity index (χ1) is 6.83. The number of nitrogens with zero attached hydrogens (tertiary/aromatic N) is 2. The van der Waals surface area contributed by atoms with Gasteiger partial charge in [-0.15, -0.1) is 0 Å². The summed E-state index contributed by atoms with van der Waals surface area (Å²) in [4.78, 5) is 0. The summed E-state index contributed by atoms with van der Waals surface area (Å²) in [5.41, 5.74) is 0. The van der Waals surface area contributed by atoms with Gasteiger partial charge in [-0.05, 0) is 37.0 Å². The molecule has 0 N–H and O–H groups in total. The van der Waals surface area contributed by atoms with Gasteiger partial charge in [-0.3, -0.25) is 0 Å². The molecule has 1 rings (SSSR count). The molecule has 0 aliphatic heterocycles. The van der Waals surface area contributed by atoms with E-state index >= 15 is 0 Å². The maximum absolute atomic E-state index is 8.68. The van der Waals surface area contributed by atoms with E-state index in [0.29, 0.717) is 30.6 Å². The number of rotatable bonds is 4. The van der Waals surface area contributed by atoms with Gasteiger partial charge in [0, 0.05) is 12.8 Å². The summed E-state index contributed by atoms with van der Waals surface area (Å²) in [5.74, 6) is 1.52. The van der Waals surface area contributed by atoms with Crippen molar-refractivity contribution >= 4 is 0 Å². The van der Waals surface area contributed by atoms with E-state index in [2.05, 4.69) is 25.5 Å². The molecular formula is C12H16N2. The predicted octanol–water partition coefficient (Wildman–Crippen LogP) is 2.88. The third kappa shape index (κ3) is 2.48. The van der Waals surface area contributed by atoms with Gasteiger partial charge in [0.2, 0.25) is 0 Å². The van der Waals surface area contributed by atoms with Crippen LogP contribution >= 0.6 is 0 Å². The highest BCUT2D eigenvalue weighted by Gasteiger charge is 2.34. The van der Waals surface area contributed by atoms with Crippen LogP contribution in [0.2, 0.25) is 0 Å². The molecule has 0 bridgehead atoms. The van der Waals surface area contributed by atoms with Gasteiger partial charge >= 0.3 is 0 Å². The van der Waals surface area contributed by atoms with Crippen LogP contribution < -0.4 is 0 Å². The summed E-state index contributed by atoms with van der Waals surface area (Å²) in [6.07, 6.45) is 6.39. The molecule has 1 aliphatic carbocycles. The Bertz CT molecular complexity index is 246. The van der Waals surface area contributed by atoms with E-state index in [1.54, 1.807) is 0 Å². The van der Waals surface area contributed by atoms with Crippen molar-refractivity contribution < 1.29 is 0 Å². The third-order valence-corrected chi connectivity index (χ3v) is 3.18. The van der Waals surface area contributed by atoms with Crippen LogP contribution in [0.25, 0.3) is 0 Å². The lowest BCUT2D eigenvalue weighted by molar-refractivity contribution is 0.304. The molecule has 2 radical (unpaired) electrons. The third-order valence-electron chi connectivity index (χ3n) is 3.18. The molecule has 2 nitrogen and oxygen atoms in total. The molecule has 1 fully saturated rings. The summed E-state index contributed by atoms with van der Waals surface area (Å²) in [6.45, 7) is 3.93. The monoisotopic (exact) mass is 188 g/mol. The van der Waals surface area contributed by atoms with Gasteiger partial charge in [-0.2, -0.15) is 10.5 Å². The number of hydrogen-bond acceptors (Lipinski definition) is 2. The van der Waals surface area contributed by atoms with E-state index in [1.807, 2.05) is 0 Å². The fourth-order valence-electron chi connectivity index (χ4n) is 2.40. The van der Waals surface area contributed by atoms with Crippen LogP contribution in [0.3, 0.4) is 0 Å². The first kappa shape index (κ1) is 11.1. The van der Waals surface area contributed by atoms with Crippen molar-refractivity contribution in [3.8, 4) is 12.1 Å². The first-order valence-corrected chi connectivity index (χ1v) is 5.20. The molecule has 3 atom stereocenters. The van der Waals surface area contributed by atoms with Crippen LogP contribution in [-0.4, -0.2) is 0 Å². The Balaban J connectivity index is 2.52. The van der Waals surface area contributed by atoms with Gasteiger partial charge in [0.1, 0.15) is 0 Å². The topological polar surface area (TPSA) is 47.6 Å². The fourth-order valence-corrected chi connectivity index (χ4v) is 2.40. The van der Waals surface area contributed by atoms with Crippen LogP contribution in [0.5, 0.6) is 0 Å². The van der Waals surface area contributed by atoms with Crippen molar-refractivity contribution in [2.75, 3.05) is 0 Å². The normalized spacial score (nSPS) is 30.9. The molecule has 1 saturated carbocycles. The van der Waals surface area contributed by atoms with Crippen LogP contribution in [0.1, 0.15) is 32.1 Å². The lowest BCUT2D eigenvalue weighted by Crippen LogP contribution is -2.14. The molecule has 2 heteroatoms. The zero-order valence-corrected chi connectivity index (χ0v) is 8.45. The Morgan fingerprint density at radius 2 is 2.14 bits per heavy atom. The molecule has 0 aromatic rings. The maximum Gasteiger partial charge on any atom is 0.0624 e. The van der Waals surface area contributed by atoms with Crippen molar-refractivity contribution in [3.63, 3.8) is 0 Å². The molecule has 0 aromatic carbocycles. The van der Waals surface area contributed by atoms with Gasteiger partial charge in [-0.25, -0.2) is 0 Å². The van der Waals surface area contributed by atoms with Crippen LogP contribution in [0, 0.1) is 53.8 Å². The Morgan fingerprint density at radius 3 is 2.71 bits per heavy atom. The molecule has 74 valence electrons. The molecule has 0 aromatic heterocycles. The lowest BCUT2D eigenvalue weighted by Gasteiger charge is -2.21. The number of hydrogen-bond donors (Lipinski definition) is 0. The van der Waals surface area contributed by atoms with Crippen LogP contribution in [-0.2, 0) is 0 Å². The molecule has 0 amide bonds. The SMILES string of the molecule is [CH2]CC1C[CH]C(CC#N)C1CCC#N. The average molecular weight is 188 g/mol. The minimum atomic E-state index is 0.403. The van der Waals surface area contributed by atoms with Crippen LogP contribution in [0.4, 0.5) is 0 Å². The van der Waals surface area contributed by atoms with Crippen molar-refractivity contribution in [1.82, 2.24) is 0 Å². The Morgan fingerprint density at radius 1 is 1.36 bits per heavy atom. The molecule has 3 unspecified atom stereocenters. The van der Waals surface area contributed by atoms with Crippen molar-refractivity contribution in [3.05, 3.63) is 13.3 Å². The van der Waals surface area contributed by atoms with Gasteiger partial charge in [0.25, 0.3) is 0 Å². The minimum absolute atomic E-state index is 0.403. The smallest absolute Gasteiger partial charge is 0.0624 e. The second-order valence-corrected chi connectivity index (χ2v) is 3.91. The van der Waals surface area contributed by atoms with E-state index in [-0.39, 0.29) is 0 Å². The summed E-state index contributed by atoms with van der Waals surface area (Å²) in [7, 11) is 0. The van der Waals surface area contributed by atoms with Crippen LogP contribution in [0.15, 0.2) is 0 Å². The molecule has 0 heterocycles. The molecule has 0 spiro atoms. The van der Waals surface area contributed by atoms with Gasteiger partial charge < -0.3 is 0 Å². The van der Waals surface area contributed by atoms with Crippen molar-refractivity contribution in [2.45, 2.75) is 32.1 Å². The standard InChI is InChI=1S/C12H16N2/c1-2-10-5-6-11(7-9-14)12(10)4-3-8-13/h6,10-12H,1-5,7H2. The summed E-state index contributed by atoms with van der Waals surface area (Å²) < 4.78 is 0. The van der Waals surface area contributed by atoms with E-state index in [9.17, 15) is 0 Å². The molecule has 1 aliphatic rings. The van der Waals surface area contributed by atoms with E-state index in [0.717, 1.165) is 19.3 Å². The molecule has 0 saturated heterocycles. The highest BCUT2D eigenvalue weighted by molar-refractivity contribution is 4.99. The van der Waals surface area contributed by atoms with Crippen molar-refractivity contribution in [1.29, 1.82) is 10.5 Å². The van der Waals surface area contributed by atoms with Gasteiger partial charge in [-0.1, -0.05) is 13.3 Å². The molecular weight excluding hydrogens is 172 g/mol. The zero-order valence-electron chi connectivity index (χ0n) is 8.45. The first-order valence-electron chi connectivity index (χ1n) is 5.20. The maximum atomic E-state index is 8.68. The second-order valence-electron chi connectivity index (χ2n) is 3.91. The Hall–Kier alpha value is -1.02. The van der Waals surface area contributed by atoms with Crippen molar-refractivity contribution in [2.24, 2.45) is 17.8 Å². The van der Waals surface area contributed by atoms with E-state index < -0.39 is 0 Å². The van der Waals surface area contributed by atoms with Gasteiger partial charge in [0.05, 0.1) is 12.1 Å². The Labute approximate surface area is 86.5 Å². The predicted molar refractivity (Wildman–Crippen MR) is 54.4 cm³/mol. The Kier molecular flexibility index (Phi) is 4.47. The quantitative estimate of drug-likeness (QED) is 0.681. The lowest BCUT2D eigenvalue weighted by atomic mass is 9.83. The largest absolute Gasteiger partial charge is 0.198 e. The molecule has 14 heavy (non-hydrogen) atoms. The summed E-state index contributed by atoms with van der Waals surface area (Å²) in [5, 5.41) is 17.2. The fraction of sp³-hybridized carbons (Fsp3) is 0.667. The van der Waals surface area contributed by atoms with E-state index in [4.69, 9.17) is 10.5 Å². The highest BCUT2D eigenvalue weighted by atomic mass is 14.4. The summed E-state index contributed by atoms with van der Waals surface area (Å²) in [6, 6.07) is 4.41. The minimum Gasteiger partial charge on any atom is -0.198 e. The highest BCUT2D eigenvalue weighted by Crippen LogP contribution is 2.42. The zero-order chi connectivity index (χ0) is 10.4. The second kappa shape index (κ2) is 5.66. The average Bonchev–Trinajstić information content (AvgIpc) is 2.58. The van der Waals surface area contributed by atoms with E-state index in [1.165, 1.54) is 0 Å². The summed E-state index contributed by atoms with van der Waals surface area (Å²) >= 11 is 0. The number of nitriles is 2.